The number of amides is 4. The number of rotatable bonds is 18. The maximum atomic E-state index is 14.7. The number of fused-ring (bicyclic) bond motifs is 1. The molecule has 3 aromatic heterocycles. The molecule has 3 aliphatic heterocycles. The fourth-order valence-corrected chi connectivity index (χ4v) is 10.8. The molecule has 2 N–H and O–H groups in total. The van der Waals surface area contributed by atoms with Crippen LogP contribution >= 0.6 is 11.5 Å². The number of carbonyl (C=O) groups excluding carboxylic acids is 5. The largest absolute Gasteiger partial charge is 0.465 e. The van der Waals surface area contributed by atoms with Gasteiger partial charge in [0.15, 0.2) is 0 Å². The van der Waals surface area contributed by atoms with Gasteiger partial charge in [-0.05, 0) is 112 Å². The summed E-state index contributed by atoms with van der Waals surface area (Å²) in [5, 5.41) is 5.38. The van der Waals surface area contributed by atoms with Crippen LogP contribution in [0.1, 0.15) is 104 Å². The van der Waals surface area contributed by atoms with Gasteiger partial charge in [-0.25, -0.2) is 10.4 Å². The molecule has 75 heavy (non-hydrogen) atoms. The van der Waals surface area contributed by atoms with Crippen molar-refractivity contribution in [2.45, 2.75) is 130 Å². The standard InChI is InChI=1S/C54H71F3N10O7S/c1-33(2)46(63(9)50(71)37-19-26-64(30-37)44(69)18-20-53(7,8)65-23-14-24-65)48(70)60-41(51(72)67-25-12-11-22-59-67)28-43-61-49(75-62-43)36-16-17-42-39(27-36)40(29-52(5,6)32-74-35(4)68)47(66(42)31-54(55,56)57)38-15-13-21-58-45(38)34(3)73-10/h13,15-17,21,27,33-34,37,41,46,59H,11-12,14,19,22-26,28-32H2,1-10H3,(H,60,70)/t34-,37?,41-,46-/m0/s1. The van der Waals surface area contributed by atoms with E-state index in [9.17, 15) is 37.1 Å². The highest BCUT2D eigenvalue weighted by atomic mass is 32.1. The van der Waals surface area contributed by atoms with Crippen LogP contribution in [0.2, 0.25) is 0 Å². The molecule has 0 bridgehead atoms. The number of hydrogen-bond acceptors (Lipinski definition) is 13. The number of ether oxygens (including phenoxy) is 2. The lowest BCUT2D eigenvalue weighted by Gasteiger charge is -2.41. The quantitative estimate of drug-likeness (QED) is 0.0806. The highest BCUT2D eigenvalue weighted by molar-refractivity contribution is 7.09. The molecule has 1 unspecified atom stereocenters. The van der Waals surface area contributed by atoms with Crippen molar-refractivity contribution >= 4 is 52.0 Å². The Morgan fingerprint density at radius 2 is 1.76 bits per heavy atom. The molecule has 4 amide bonds. The van der Waals surface area contributed by atoms with Gasteiger partial charge in [-0.1, -0.05) is 33.6 Å². The summed E-state index contributed by atoms with van der Waals surface area (Å²) in [6.45, 7) is 16.5. The zero-order valence-electron chi connectivity index (χ0n) is 44.7. The number of halogens is 3. The van der Waals surface area contributed by atoms with E-state index in [0.29, 0.717) is 70.0 Å². The third-order valence-electron chi connectivity index (χ3n) is 14.4. The second kappa shape index (κ2) is 23.5. The number of likely N-dealkylation sites (tertiary alicyclic amines) is 2. The van der Waals surface area contributed by atoms with Crippen molar-refractivity contribution in [3.05, 3.63) is 53.6 Å². The summed E-state index contributed by atoms with van der Waals surface area (Å²) in [6.07, 6.45) is -0.390. The molecular formula is C54H71F3N10O7S. The first-order chi connectivity index (χ1) is 35.4. The monoisotopic (exact) mass is 1060 g/mol. The van der Waals surface area contributed by atoms with Gasteiger partial charge in [0.05, 0.1) is 35.6 Å². The Bertz CT molecular complexity index is 2810. The molecule has 21 heteroatoms. The van der Waals surface area contributed by atoms with Crippen molar-refractivity contribution in [3.8, 4) is 33.7 Å². The topological polar surface area (TPSA) is 184 Å². The molecule has 0 radical (unpaired) electrons. The first-order valence-corrected chi connectivity index (χ1v) is 26.5. The van der Waals surface area contributed by atoms with Crippen LogP contribution in [0.15, 0.2) is 36.5 Å². The highest BCUT2D eigenvalue weighted by Crippen LogP contribution is 2.43. The second-order valence-corrected chi connectivity index (χ2v) is 22.4. The number of hydrazine groups is 1. The number of carbonyl (C=O) groups is 5. The minimum atomic E-state index is -4.61. The Hall–Kier alpha value is -5.95. The Kier molecular flexibility index (Phi) is 17.8. The van der Waals surface area contributed by atoms with E-state index in [1.165, 1.54) is 28.5 Å². The maximum Gasteiger partial charge on any atom is 0.406 e. The summed E-state index contributed by atoms with van der Waals surface area (Å²) in [6, 6.07) is 6.37. The molecule has 3 saturated heterocycles. The summed E-state index contributed by atoms with van der Waals surface area (Å²) in [5.41, 5.74) is 4.62. The lowest BCUT2D eigenvalue weighted by Crippen LogP contribution is -2.59. The number of likely N-dealkylation sites (N-methyl/N-ethyl adjacent to an activating group) is 1. The zero-order chi connectivity index (χ0) is 54.6. The van der Waals surface area contributed by atoms with Crippen molar-refractivity contribution in [1.82, 2.24) is 49.4 Å². The number of esters is 1. The number of methoxy groups -OCH3 is 1. The number of alkyl halides is 3. The van der Waals surface area contributed by atoms with Crippen molar-refractivity contribution < 1.29 is 46.6 Å². The molecule has 406 valence electrons. The molecule has 7 rings (SSSR count). The van der Waals surface area contributed by atoms with Gasteiger partial charge in [0.25, 0.3) is 11.8 Å². The Morgan fingerprint density at radius 1 is 1.01 bits per heavy atom. The van der Waals surface area contributed by atoms with Crippen molar-refractivity contribution in [3.63, 3.8) is 0 Å². The first-order valence-electron chi connectivity index (χ1n) is 25.7. The average Bonchev–Trinajstić information content (AvgIpc) is 4.09. The predicted molar refractivity (Wildman–Crippen MR) is 278 cm³/mol. The van der Waals surface area contributed by atoms with Gasteiger partial charge in [-0.3, -0.25) is 38.9 Å². The molecule has 0 aliphatic carbocycles. The number of nitrogens with zero attached hydrogens (tertiary/aromatic N) is 8. The van der Waals surface area contributed by atoms with Crippen LogP contribution in [0.3, 0.4) is 0 Å². The second-order valence-electron chi connectivity index (χ2n) is 21.6. The molecule has 1 aromatic carbocycles. The van der Waals surface area contributed by atoms with Crippen LogP contribution in [0.25, 0.3) is 32.7 Å². The summed E-state index contributed by atoms with van der Waals surface area (Å²) in [7, 11) is 3.08. The van der Waals surface area contributed by atoms with E-state index in [2.05, 4.69) is 36.8 Å². The summed E-state index contributed by atoms with van der Waals surface area (Å²) < 4.78 is 61.0. The van der Waals surface area contributed by atoms with Crippen LogP contribution in [0, 0.1) is 29.1 Å². The van der Waals surface area contributed by atoms with Crippen LogP contribution in [-0.4, -0.2) is 152 Å². The van der Waals surface area contributed by atoms with Crippen molar-refractivity contribution in [2.75, 3.05) is 60.0 Å². The molecule has 6 heterocycles. The summed E-state index contributed by atoms with van der Waals surface area (Å²) in [4.78, 5) is 82.8. The van der Waals surface area contributed by atoms with Gasteiger partial charge < -0.3 is 29.2 Å². The molecule has 17 nitrogen and oxygen atoms in total. The predicted octanol–water partition coefficient (Wildman–Crippen LogP) is 6.60. The van der Waals surface area contributed by atoms with Gasteiger partial charge in [-0.2, -0.15) is 17.5 Å². The third-order valence-corrected chi connectivity index (χ3v) is 15.2. The van der Waals surface area contributed by atoms with E-state index in [1.807, 2.05) is 41.5 Å². The Balaban J connectivity index is 1.18. The fourth-order valence-electron chi connectivity index (χ4n) is 10.2. The van der Waals surface area contributed by atoms with E-state index in [1.54, 1.807) is 55.4 Å². The van der Waals surface area contributed by atoms with E-state index >= 15 is 0 Å². The number of aromatic nitrogens is 4. The molecular weight excluding hydrogens is 990 g/mol. The van der Waals surface area contributed by atoms with Crippen molar-refractivity contribution in [2.24, 2.45) is 17.3 Å². The van der Waals surface area contributed by atoms with Gasteiger partial charge in [-0.15, -0.1) is 0 Å². The molecule has 0 saturated carbocycles. The molecule has 0 spiro atoms. The van der Waals surface area contributed by atoms with Crippen LogP contribution < -0.4 is 10.7 Å². The smallest absolute Gasteiger partial charge is 0.406 e. The van der Waals surface area contributed by atoms with Crippen molar-refractivity contribution in [1.29, 1.82) is 0 Å². The normalized spacial score (nSPS) is 17.8. The fraction of sp³-hybridized carbons (Fsp3) is 0.593. The SMILES string of the molecule is CO[C@@H](C)c1ncccc1-c1c(CC(C)(C)COC(C)=O)c2cc(-c3nc(C[C@H](NC(=O)[C@H](C(C)C)N(C)C(=O)C4CCN(C(=O)C#CC(C)(C)N5CCC5)C4)C(=O)N4CCCCN4)ns3)ccc2n1CC(F)(F)F. The van der Waals surface area contributed by atoms with Crippen LogP contribution in [-0.2, 0) is 52.8 Å². The van der Waals surface area contributed by atoms with E-state index < -0.39 is 65.6 Å². The van der Waals surface area contributed by atoms with E-state index in [4.69, 9.17) is 14.5 Å². The maximum absolute atomic E-state index is 14.7. The van der Waals surface area contributed by atoms with E-state index in [-0.39, 0.29) is 49.5 Å². The number of pyridine rings is 1. The van der Waals surface area contributed by atoms with Crippen LogP contribution in [0.5, 0.6) is 0 Å². The number of nitrogens with one attached hydrogen (secondary N) is 2. The number of benzene rings is 1. The zero-order valence-corrected chi connectivity index (χ0v) is 45.5. The van der Waals surface area contributed by atoms with Gasteiger partial charge >= 0.3 is 12.1 Å². The molecule has 4 atom stereocenters. The lowest BCUT2D eigenvalue weighted by atomic mass is 9.84. The number of hydrogen-bond donors (Lipinski definition) is 2. The minimum Gasteiger partial charge on any atom is -0.465 e. The first kappa shape index (κ1) is 56.8. The minimum absolute atomic E-state index is 0.00484. The Labute approximate surface area is 441 Å². The van der Waals surface area contributed by atoms with Gasteiger partial charge in [0.2, 0.25) is 11.8 Å². The van der Waals surface area contributed by atoms with E-state index in [0.717, 1.165) is 43.9 Å². The lowest BCUT2D eigenvalue weighted by molar-refractivity contribution is -0.146. The Morgan fingerprint density at radius 3 is 2.40 bits per heavy atom. The molecule has 3 aliphatic rings. The highest BCUT2D eigenvalue weighted by Gasteiger charge is 2.40. The summed E-state index contributed by atoms with van der Waals surface area (Å²) in [5.74, 6) is 3.19. The third kappa shape index (κ3) is 13.5. The van der Waals surface area contributed by atoms with Crippen LogP contribution in [0.4, 0.5) is 13.2 Å². The average molecular weight is 1060 g/mol. The summed E-state index contributed by atoms with van der Waals surface area (Å²) >= 11 is 1.04. The van der Waals surface area contributed by atoms with Gasteiger partial charge in [0.1, 0.15) is 29.5 Å². The molecule has 4 aromatic rings. The van der Waals surface area contributed by atoms with Gasteiger partial charge in [0, 0.05) is 100 Å². The molecule has 3 fully saturated rings.